The van der Waals surface area contributed by atoms with Crippen molar-refractivity contribution in [2.75, 3.05) is 32.4 Å². The molecule has 0 radical (unpaired) electrons. The van der Waals surface area contributed by atoms with Crippen molar-refractivity contribution in [2.45, 2.75) is 45.3 Å². The lowest BCUT2D eigenvalue weighted by molar-refractivity contribution is -0.137. The monoisotopic (exact) mass is 436 g/mol. The lowest BCUT2D eigenvalue weighted by Crippen LogP contribution is -2.41. The number of aromatic amines is 1. The Morgan fingerprint density at radius 3 is 2.62 bits per heavy atom. The van der Waals surface area contributed by atoms with Gasteiger partial charge in [-0.1, -0.05) is 0 Å². The summed E-state index contributed by atoms with van der Waals surface area (Å²) in [6.07, 6.45) is 4.29. The highest BCUT2D eigenvalue weighted by Gasteiger charge is 2.20. The highest BCUT2D eigenvalue weighted by molar-refractivity contribution is 7.99. The number of H-pyrrole nitrogens is 1. The normalized spacial score (nSPS) is 13.3. The Balaban J connectivity index is 1.57. The Kier molecular flexibility index (Phi) is 7.34. The van der Waals surface area contributed by atoms with E-state index in [4.69, 9.17) is 0 Å². The minimum absolute atomic E-state index is 0.0473. The van der Waals surface area contributed by atoms with Crippen LogP contribution >= 0.6 is 23.1 Å². The number of hydrogen-bond donors (Lipinski definition) is 1. The van der Waals surface area contributed by atoms with Crippen LogP contribution in [0.4, 0.5) is 0 Å². The number of carbonyl (C=O) groups is 2. The molecule has 2 aromatic rings. The van der Waals surface area contributed by atoms with E-state index in [0.29, 0.717) is 24.7 Å². The van der Waals surface area contributed by atoms with E-state index in [2.05, 4.69) is 9.97 Å². The van der Waals surface area contributed by atoms with Crippen LogP contribution in [0.1, 0.15) is 43.0 Å². The molecule has 0 saturated carbocycles. The standard InChI is InChI=1S/C20H28N4O3S2/c1-4-24(5-2)16(25)10-23(3)17(26)12-28-11-15-21-19(27)18-13-8-6-7-9-14(13)29-20(18)22-15/h4-12H2,1-3H3,(H,21,22,27). The van der Waals surface area contributed by atoms with Gasteiger partial charge in [0.2, 0.25) is 11.8 Å². The maximum Gasteiger partial charge on any atom is 0.259 e. The molecule has 9 heteroatoms. The number of fused-ring (bicyclic) bond motifs is 3. The maximum atomic E-state index is 12.6. The smallest absolute Gasteiger partial charge is 0.259 e. The van der Waals surface area contributed by atoms with Gasteiger partial charge in [0.15, 0.2) is 0 Å². The molecule has 0 aliphatic heterocycles. The quantitative estimate of drug-likeness (QED) is 0.687. The molecule has 0 aromatic carbocycles. The molecule has 0 saturated heterocycles. The number of aromatic nitrogens is 2. The Bertz CT molecular complexity index is 949. The van der Waals surface area contributed by atoms with Gasteiger partial charge < -0.3 is 14.8 Å². The number of rotatable bonds is 8. The third kappa shape index (κ3) is 5.01. The van der Waals surface area contributed by atoms with Crippen LogP contribution in [-0.4, -0.2) is 64.0 Å². The molecule has 0 spiro atoms. The van der Waals surface area contributed by atoms with Crippen LogP contribution in [0.25, 0.3) is 10.2 Å². The van der Waals surface area contributed by atoms with E-state index in [1.54, 1.807) is 23.3 Å². The van der Waals surface area contributed by atoms with Crippen molar-refractivity contribution in [1.29, 1.82) is 0 Å². The summed E-state index contributed by atoms with van der Waals surface area (Å²) >= 11 is 3.03. The van der Waals surface area contributed by atoms with E-state index in [0.717, 1.165) is 29.5 Å². The predicted molar refractivity (Wildman–Crippen MR) is 119 cm³/mol. The first-order valence-electron chi connectivity index (χ1n) is 10.1. The van der Waals surface area contributed by atoms with Crippen molar-refractivity contribution in [3.8, 4) is 0 Å². The molecule has 1 N–H and O–H groups in total. The molecule has 1 aliphatic carbocycles. The summed E-state index contributed by atoms with van der Waals surface area (Å²) in [6.45, 7) is 5.21. The molecule has 0 fully saturated rings. The Labute approximate surface area is 178 Å². The third-order valence-electron chi connectivity index (χ3n) is 5.25. The fourth-order valence-electron chi connectivity index (χ4n) is 3.59. The fraction of sp³-hybridized carbons (Fsp3) is 0.600. The second kappa shape index (κ2) is 9.75. The summed E-state index contributed by atoms with van der Waals surface area (Å²) < 4.78 is 0. The molecule has 2 aromatic heterocycles. The first-order valence-corrected chi connectivity index (χ1v) is 12.0. The van der Waals surface area contributed by atoms with Crippen LogP contribution in [0.3, 0.4) is 0 Å². The molecule has 1 aliphatic rings. The molecule has 3 rings (SSSR count). The van der Waals surface area contributed by atoms with Crippen molar-refractivity contribution >= 4 is 45.1 Å². The van der Waals surface area contributed by atoms with Gasteiger partial charge in [-0.2, -0.15) is 0 Å². The van der Waals surface area contributed by atoms with E-state index in [1.807, 2.05) is 13.8 Å². The Hall–Kier alpha value is -1.87. The lowest BCUT2D eigenvalue weighted by atomic mass is 9.97. The van der Waals surface area contributed by atoms with Gasteiger partial charge in [0, 0.05) is 25.0 Å². The van der Waals surface area contributed by atoms with Crippen molar-refractivity contribution in [2.24, 2.45) is 0 Å². The van der Waals surface area contributed by atoms with Crippen LogP contribution in [0, 0.1) is 0 Å². The molecule has 0 atom stereocenters. The molecule has 2 amide bonds. The van der Waals surface area contributed by atoms with Crippen LogP contribution in [0.2, 0.25) is 0 Å². The van der Waals surface area contributed by atoms with E-state index in [1.165, 1.54) is 33.5 Å². The summed E-state index contributed by atoms with van der Waals surface area (Å²) in [6, 6.07) is 0. The van der Waals surface area contributed by atoms with Gasteiger partial charge >= 0.3 is 0 Å². The van der Waals surface area contributed by atoms with Crippen molar-refractivity contribution < 1.29 is 9.59 Å². The molecule has 7 nitrogen and oxygen atoms in total. The fourth-order valence-corrected chi connectivity index (χ4v) is 5.70. The number of likely N-dealkylation sites (N-methyl/N-ethyl adjacent to an activating group) is 2. The minimum Gasteiger partial charge on any atom is -0.342 e. The highest BCUT2D eigenvalue weighted by Crippen LogP contribution is 2.33. The summed E-state index contributed by atoms with van der Waals surface area (Å²) in [5.41, 5.74) is 1.11. The van der Waals surface area contributed by atoms with Crippen LogP contribution < -0.4 is 5.56 Å². The molecular weight excluding hydrogens is 408 g/mol. The first-order chi connectivity index (χ1) is 13.9. The third-order valence-corrected chi connectivity index (χ3v) is 7.37. The number of hydrogen-bond acceptors (Lipinski definition) is 6. The molecule has 0 unspecified atom stereocenters. The molecule has 29 heavy (non-hydrogen) atoms. The lowest BCUT2D eigenvalue weighted by Gasteiger charge is -2.23. The SMILES string of the molecule is CCN(CC)C(=O)CN(C)C(=O)CSCc1nc2sc3c(c2c(=O)[nH]1)CCCC3. The van der Waals surface area contributed by atoms with Crippen molar-refractivity contribution in [1.82, 2.24) is 19.8 Å². The van der Waals surface area contributed by atoms with Crippen LogP contribution in [0.5, 0.6) is 0 Å². The van der Waals surface area contributed by atoms with Gasteiger partial charge in [0.1, 0.15) is 10.7 Å². The van der Waals surface area contributed by atoms with Gasteiger partial charge in [-0.3, -0.25) is 14.4 Å². The molecule has 2 heterocycles. The van der Waals surface area contributed by atoms with Crippen molar-refractivity contribution in [3.05, 3.63) is 26.6 Å². The second-order valence-corrected chi connectivity index (χ2v) is 9.28. The minimum atomic E-state index is -0.106. The zero-order valence-corrected chi connectivity index (χ0v) is 18.9. The van der Waals surface area contributed by atoms with Gasteiger partial charge in [-0.25, -0.2) is 4.98 Å². The average Bonchev–Trinajstić information content (AvgIpc) is 3.07. The zero-order chi connectivity index (χ0) is 21.0. The topological polar surface area (TPSA) is 86.4 Å². The summed E-state index contributed by atoms with van der Waals surface area (Å²) in [5.74, 6) is 1.14. The van der Waals surface area contributed by atoms with E-state index < -0.39 is 0 Å². The maximum absolute atomic E-state index is 12.6. The number of carbonyl (C=O) groups excluding carboxylic acids is 2. The number of amides is 2. The van der Waals surface area contributed by atoms with Gasteiger partial charge in [0.05, 0.1) is 23.4 Å². The zero-order valence-electron chi connectivity index (χ0n) is 17.2. The number of aryl methyl sites for hydroxylation is 2. The molecule has 158 valence electrons. The number of nitrogens with zero attached hydrogens (tertiary/aromatic N) is 3. The molecular formula is C20H28N4O3S2. The summed E-state index contributed by atoms with van der Waals surface area (Å²) in [5, 5.41) is 0.754. The highest BCUT2D eigenvalue weighted by atomic mass is 32.2. The Morgan fingerprint density at radius 2 is 1.90 bits per heavy atom. The van der Waals surface area contributed by atoms with Gasteiger partial charge in [-0.15, -0.1) is 23.1 Å². The van der Waals surface area contributed by atoms with E-state index in [9.17, 15) is 14.4 Å². The predicted octanol–water partition coefficient (Wildman–Crippen LogP) is 2.42. The number of thioether (sulfide) groups is 1. The second-order valence-electron chi connectivity index (χ2n) is 7.21. The van der Waals surface area contributed by atoms with Crippen LogP contribution in [-0.2, 0) is 28.2 Å². The largest absolute Gasteiger partial charge is 0.342 e. The average molecular weight is 437 g/mol. The van der Waals surface area contributed by atoms with Gasteiger partial charge in [-0.05, 0) is 45.1 Å². The summed E-state index contributed by atoms with van der Waals surface area (Å²) in [7, 11) is 1.65. The van der Waals surface area contributed by atoms with E-state index >= 15 is 0 Å². The van der Waals surface area contributed by atoms with Gasteiger partial charge in [0.25, 0.3) is 5.56 Å². The van der Waals surface area contributed by atoms with Crippen molar-refractivity contribution in [3.63, 3.8) is 0 Å². The van der Waals surface area contributed by atoms with E-state index in [-0.39, 0.29) is 29.7 Å². The number of nitrogens with one attached hydrogen (secondary N) is 1. The molecule has 0 bridgehead atoms. The Morgan fingerprint density at radius 1 is 1.17 bits per heavy atom. The summed E-state index contributed by atoms with van der Waals surface area (Å²) in [4.78, 5) is 49.8. The van der Waals surface area contributed by atoms with Crippen LogP contribution in [0.15, 0.2) is 4.79 Å². The first kappa shape index (κ1) is 21.8. The number of thiophene rings is 1.